The van der Waals surface area contributed by atoms with E-state index in [1.807, 2.05) is 0 Å². The highest BCUT2D eigenvalue weighted by Gasteiger charge is 1.80. The predicted octanol–water partition coefficient (Wildman–Crippen LogP) is 1.75. The molecule has 0 radical (unpaired) electrons. The van der Waals surface area contributed by atoms with Crippen molar-refractivity contribution in [1.29, 1.82) is 0 Å². The van der Waals surface area contributed by atoms with E-state index in [0.29, 0.717) is 0 Å². The molecule has 32 valence electrons. The van der Waals surface area contributed by atoms with Gasteiger partial charge in [-0.05, 0) is 0 Å². The van der Waals surface area contributed by atoms with Gasteiger partial charge in [0.2, 0.25) is 0 Å². The molecule has 0 aliphatic rings. The standard InChI is InChI=1S/Al.Cl3P.3H/c;1-4(2)3;;;. The van der Waals surface area contributed by atoms with Crippen LogP contribution >= 0.6 is 39.7 Å². The molecule has 0 bridgehead atoms. The molecular weight excluding hydrogens is 164 g/mol. The second-order valence-electron chi connectivity index (χ2n) is 0.192. The van der Waals surface area contributed by atoms with Gasteiger partial charge in [0.05, 0.1) is 0 Å². The van der Waals surface area contributed by atoms with E-state index < -0.39 is 5.98 Å². The van der Waals surface area contributed by atoms with E-state index in [-0.39, 0.29) is 17.4 Å². The molecular formula is H3AlCl3P. The molecule has 0 unspecified atom stereocenters. The van der Waals surface area contributed by atoms with E-state index in [1.165, 1.54) is 0 Å². The van der Waals surface area contributed by atoms with E-state index in [1.54, 1.807) is 0 Å². The van der Waals surface area contributed by atoms with Crippen molar-refractivity contribution in [3.05, 3.63) is 0 Å². The second kappa shape index (κ2) is 5.83. The van der Waals surface area contributed by atoms with Crippen LogP contribution in [0.5, 0.6) is 0 Å². The summed E-state index contributed by atoms with van der Waals surface area (Å²) < 4.78 is 0. The highest BCUT2D eigenvalue weighted by Crippen LogP contribution is 2.51. The first-order chi connectivity index (χ1) is 1.73. The summed E-state index contributed by atoms with van der Waals surface area (Å²) in [4.78, 5) is 0. The molecule has 0 fully saturated rings. The van der Waals surface area contributed by atoms with Crippen molar-refractivity contribution in [1.82, 2.24) is 0 Å². The summed E-state index contributed by atoms with van der Waals surface area (Å²) in [6.45, 7) is 0. The maximum Gasteiger partial charge on any atom is 0.187 e. The SMILES string of the molecule is ClP(Cl)Cl.[AlH3]. The molecule has 0 heterocycles. The summed E-state index contributed by atoms with van der Waals surface area (Å²) in [5.41, 5.74) is 0. The van der Waals surface area contributed by atoms with Crippen LogP contribution in [0.15, 0.2) is 0 Å². The maximum atomic E-state index is 4.87. The highest BCUT2D eigenvalue weighted by atomic mass is 36.0. The van der Waals surface area contributed by atoms with Gasteiger partial charge in [0.25, 0.3) is 0 Å². The van der Waals surface area contributed by atoms with Crippen molar-refractivity contribution in [2.24, 2.45) is 0 Å². The Morgan fingerprint density at radius 2 is 1.00 bits per heavy atom. The molecule has 0 aromatic carbocycles. The van der Waals surface area contributed by atoms with E-state index in [9.17, 15) is 0 Å². The first kappa shape index (κ1) is 9.95. The summed E-state index contributed by atoms with van der Waals surface area (Å²) in [6, 6.07) is 0. The van der Waals surface area contributed by atoms with Gasteiger partial charge in [0.15, 0.2) is 23.3 Å². The van der Waals surface area contributed by atoms with Crippen LogP contribution in [0, 0.1) is 0 Å². The van der Waals surface area contributed by atoms with Gasteiger partial charge in [-0.2, -0.15) is 0 Å². The molecule has 0 atom stereocenters. The van der Waals surface area contributed by atoms with Gasteiger partial charge < -0.3 is 0 Å². The Balaban J connectivity index is 0. The Labute approximate surface area is 57.0 Å². The van der Waals surface area contributed by atoms with Crippen LogP contribution in [0.4, 0.5) is 0 Å². The topological polar surface area (TPSA) is 0 Å². The second-order valence-corrected chi connectivity index (χ2v) is 5.17. The molecule has 0 saturated heterocycles. The van der Waals surface area contributed by atoms with Crippen LogP contribution < -0.4 is 0 Å². The number of halogens is 3. The van der Waals surface area contributed by atoms with Gasteiger partial charge in [0.1, 0.15) is 0 Å². The lowest BCUT2D eigenvalue weighted by molar-refractivity contribution is 4.58. The average molecular weight is 167 g/mol. The highest BCUT2D eigenvalue weighted by molar-refractivity contribution is 8.20. The first-order valence-electron chi connectivity index (χ1n) is 0.507. The van der Waals surface area contributed by atoms with Crippen molar-refractivity contribution in [2.75, 3.05) is 0 Å². The third-order valence-electron chi connectivity index (χ3n) is 0. The first-order valence-corrected chi connectivity index (χ1v) is 4.56. The van der Waals surface area contributed by atoms with E-state index >= 15 is 0 Å². The third-order valence-corrected chi connectivity index (χ3v) is 0. The molecule has 0 aliphatic carbocycles. The normalized spacial score (nSPS) is 7.20. The van der Waals surface area contributed by atoms with Crippen LogP contribution in [0.25, 0.3) is 0 Å². The van der Waals surface area contributed by atoms with Crippen LogP contribution in [-0.4, -0.2) is 17.4 Å². The Bertz CT molecular complexity index is 11.6. The minimum Gasteiger partial charge on any atom is -0.0596 e. The van der Waals surface area contributed by atoms with Gasteiger partial charge in [-0.25, -0.2) is 0 Å². The Kier molecular flexibility index (Phi) is 11.6. The Morgan fingerprint density at radius 3 is 1.00 bits per heavy atom. The summed E-state index contributed by atoms with van der Waals surface area (Å²) in [7, 11) is 0. The number of rotatable bonds is 0. The van der Waals surface area contributed by atoms with Crippen LogP contribution in [0.3, 0.4) is 0 Å². The lowest BCUT2D eigenvalue weighted by Crippen LogP contribution is -0.958. The molecule has 0 aromatic rings. The summed E-state index contributed by atoms with van der Waals surface area (Å²) in [6.07, 6.45) is 0. The number of hydrogen-bond acceptors (Lipinski definition) is 0. The van der Waals surface area contributed by atoms with E-state index in [0.717, 1.165) is 0 Å². The quantitative estimate of drug-likeness (QED) is 0.381. The maximum absolute atomic E-state index is 4.87. The van der Waals surface area contributed by atoms with Crippen molar-refractivity contribution in [3.8, 4) is 0 Å². The molecule has 0 nitrogen and oxygen atoms in total. The fourth-order valence-corrected chi connectivity index (χ4v) is 0. The molecule has 0 spiro atoms. The van der Waals surface area contributed by atoms with Crippen LogP contribution in [-0.2, 0) is 0 Å². The van der Waals surface area contributed by atoms with Gasteiger partial charge in [-0.3, -0.25) is 0 Å². The smallest absolute Gasteiger partial charge is 0.0596 e. The van der Waals surface area contributed by atoms with Crippen LogP contribution in [0.2, 0.25) is 0 Å². The van der Waals surface area contributed by atoms with E-state index in [2.05, 4.69) is 0 Å². The van der Waals surface area contributed by atoms with Gasteiger partial charge >= 0.3 is 0 Å². The van der Waals surface area contributed by atoms with Gasteiger partial charge in [0, 0.05) is 0 Å². The van der Waals surface area contributed by atoms with Gasteiger partial charge in [-0.1, -0.05) is 33.7 Å². The van der Waals surface area contributed by atoms with Crippen LogP contribution in [0.1, 0.15) is 0 Å². The Hall–Kier alpha value is 1.83. The summed E-state index contributed by atoms with van der Waals surface area (Å²) >= 11 is 14.6. The third kappa shape index (κ3) is 25.5. The summed E-state index contributed by atoms with van der Waals surface area (Å²) in [5.74, 6) is -1.20. The van der Waals surface area contributed by atoms with E-state index in [4.69, 9.17) is 33.7 Å². The lowest BCUT2D eigenvalue weighted by Gasteiger charge is -1.68. The zero-order valence-electron chi connectivity index (χ0n) is 1.58. The minimum atomic E-state index is -1.20. The molecule has 5 heteroatoms. The number of hydrogen-bond donors (Lipinski definition) is 0. The zero-order valence-corrected chi connectivity index (χ0v) is 4.74. The monoisotopic (exact) mass is 166 g/mol. The molecule has 0 aromatic heterocycles. The molecule has 0 rings (SSSR count). The predicted molar refractivity (Wildman–Crippen MR) is 34.4 cm³/mol. The van der Waals surface area contributed by atoms with Crippen molar-refractivity contribution in [2.45, 2.75) is 0 Å². The lowest BCUT2D eigenvalue weighted by atomic mass is 27.0. The molecule has 0 aliphatic heterocycles. The average Bonchev–Trinajstić information content (AvgIpc) is 0.811. The fourth-order valence-electron chi connectivity index (χ4n) is 0. The zero-order chi connectivity index (χ0) is 3.58. The fraction of sp³-hybridized carbons (Fsp3) is 0. The molecule has 0 N–H and O–H groups in total. The van der Waals surface area contributed by atoms with Crippen molar-refractivity contribution < 1.29 is 0 Å². The Morgan fingerprint density at radius 1 is 1.00 bits per heavy atom. The molecule has 5 heavy (non-hydrogen) atoms. The largest absolute Gasteiger partial charge is 0.187 e. The molecule has 0 amide bonds. The van der Waals surface area contributed by atoms with Gasteiger partial charge in [-0.15, -0.1) is 0 Å². The minimum absolute atomic E-state index is 0. The van der Waals surface area contributed by atoms with Crippen molar-refractivity contribution in [3.63, 3.8) is 0 Å². The summed E-state index contributed by atoms with van der Waals surface area (Å²) in [5, 5.41) is 0. The van der Waals surface area contributed by atoms with Crippen molar-refractivity contribution >= 4 is 57.1 Å². The molecule has 0 saturated carbocycles.